The Morgan fingerprint density at radius 2 is 2.10 bits per heavy atom. The summed E-state index contributed by atoms with van der Waals surface area (Å²) in [5.41, 5.74) is 1.39. The zero-order valence-electron chi connectivity index (χ0n) is 13.4. The Bertz CT molecular complexity index is 410. The summed E-state index contributed by atoms with van der Waals surface area (Å²) >= 11 is 1.91. The molecule has 1 N–H and O–H groups in total. The van der Waals surface area contributed by atoms with Gasteiger partial charge in [-0.15, -0.1) is 11.3 Å². The number of nitrogens with zero attached hydrogens (tertiary/aromatic N) is 2. The molecule has 2 rings (SSSR count). The van der Waals surface area contributed by atoms with Gasteiger partial charge in [0.15, 0.2) is 5.13 Å². The molecule has 1 aliphatic rings. The van der Waals surface area contributed by atoms with Gasteiger partial charge in [-0.2, -0.15) is 0 Å². The normalized spacial score (nSPS) is 15.1. The van der Waals surface area contributed by atoms with Crippen molar-refractivity contribution in [1.29, 1.82) is 0 Å². The van der Waals surface area contributed by atoms with Crippen molar-refractivity contribution in [3.05, 3.63) is 10.6 Å². The van der Waals surface area contributed by atoms with E-state index in [0.717, 1.165) is 32.1 Å². The lowest BCUT2D eigenvalue weighted by Gasteiger charge is -2.21. The van der Waals surface area contributed by atoms with E-state index < -0.39 is 0 Å². The van der Waals surface area contributed by atoms with Gasteiger partial charge in [0.25, 0.3) is 0 Å². The molecule has 0 radical (unpaired) electrons. The number of hydrogen-bond acceptors (Lipinski definition) is 4. The SMILES string of the molecule is CCCNCc1sc(N(CC)CC(C)C)nc1C1CC1. The molecule has 0 aliphatic heterocycles. The first kappa shape index (κ1) is 15.8. The first-order valence-corrected chi connectivity index (χ1v) is 8.92. The van der Waals surface area contributed by atoms with Crippen molar-refractivity contribution < 1.29 is 0 Å². The van der Waals surface area contributed by atoms with Gasteiger partial charge in [0.1, 0.15) is 0 Å². The first-order valence-electron chi connectivity index (χ1n) is 8.10. The van der Waals surface area contributed by atoms with Gasteiger partial charge in [0.2, 0.25) is 0 Å². The molecule has 3 nitrogen and oxygen atoms in total. The van der Waals surface area contributed by atoms with Crippen LogP contribution in [0.25, 0.3) is 0 Å². The molecule has 1 fully saturated rings. The zero-order valence-corrected chi connectivity index (χ0v) is 14.2. The molecule has 20 heavy (non-hydrogen) atoms. The number of hydrogen-bond donors (Lipinski definition) is 1. The Hall–Kier alpha value is -0.610. The smallest absolute Gasteiger partial charge is 0.185 e. The van der Waals surface area contributed by atoms with E-state index in [1.54, 1.807) is 0 Å². The molecule has 0 saturated heterocycles. The molecule has 1 aromatic rings. The lowest BCUT2D eigenvalue weighted by Crippen LogP contribution is -2.27. The lowest BCUT2D eigenvalue weighted by atomic mass is 10.2. The third kappa shape index (κ3) is 4.19. The standard InChI is InChI=1S/C16H29N3S/c1-5-9-17-10-14-15(13-7-8-13)18-16(20-14)19(6-2)11-12(3)4/h12-13,17H,5-11H2,1-4H3. The molecule has 1 aliphatic carbocycles. The summed E-state index contributed by atoms with van der Waals surface area (Å²) < 4.78 is 0. The Balaban J connectivity index is 2.10. The van der Waals surface area contributed by atoms with E-state index in [2.05, 4.69) is 37.9 Å². The molecule has 0 amide bonds. The Kier molecular flexibility index (Phi) is 5.85. The third-order valence-electron chi connectivity index (χ3n) is 3.63. The molecule has 4 heteroatoms. The highest BCUT2D eigenvalue weighted by atomic mass is 32.1. The van der Waals surface area contributed by atoms with Gasteiger partial charge in [-0.25, -0.2) is 4.98 Å². The number of anilines is 1. The van der Waals surface area contributed by atoms with E-state index in [1.807, 2.05) is 11.3 Å². The molecule has 114 valence electrons. The predicted octanol–water partition coefficient (Wildman–Crippen LogP) is 4.00. The molecular weight excluding hydrogens is 266 g/mol. The van der Waals surface area contributed by atoms with Gasteiger partial charge in [-0.05, 0) is 38.6 Å². The van der Waals surface area contributed by atoms with E-state index >= 15 is 0 Å². The van der Waals surface area contributed by atoms with Crippen LogP contribution < -0.4 is 10.2 Å². The molecule has 0 unspecified atom stereocenters. The van der Waals surface area contributed by atoms with Gasteiger partial charge in [0, 0.05) is 30.4 Å². The van der Waals surface area contributed by atoms with Crippen LogP contribution in [0.5, 0.6) is 0 Å². The fraction of sp³-hybridized carbons (Fsp3) is 0.812. The quantitative estimate of drug-likeness (QED) is 0.698. The molecule has 1 saturated carbocycles. The Morgan fingerprint density at radius 1 is 1.35 bits per heavy atom. The summed E-state index contributed by atoms with van der Waals surface area (Å²) in [4.78, 5) is 8.89. The summed E-state index contributed by atoms with van der Waals surface area (Å²) in [6.07, 6.45) is 3.86. The summed E-state index contributed by atoms with van der Waals surface area (Å²) in [7, 11) is 0. The van der Waals surface area contributed by atoms with Crippen molar-refractivity contribution in [3.63, 3.8) is 0 Å². The van der Waals surface area contributed by atoms with Gasteiger partial charge in [0.05, 0.1) is 5.69 Å². The molecular formula is C16H29N3S. The maximum atomic E-state index is 4.98. The molecule has 0 aromatic carbocycles. The van der Waals surface area contributed by atoms with E-state index in [9.17, 15) is 0 Å². The molecule has 0 atom stereocenters. The Morgan fingerprint density at radius 3 is 2.65 bits per heavy atom. The summed E-state index contributed by atoms with van der Waals surface area (Å²) in [5, 5.41) is 4.77. The maximum Gasteiger partial charge on any atom is 0.185 e. The van der Waals surface area contributed by atoms with Gasteiger partial charge in [-0.1, -0.05) is 20.8 Å². The van der Waals surface area contributed by atoms with Crippen LogP contribution in [0.1, 0.15) is 63.4 Å². The fourth-order valence-corrected chi connectivity index (χ4v) is 3.64. The maximum absolute atomic E-state index is 4.98. The average Bonchev–Trinajstić information content (AvgIpc) is 3.17. The van der Waals surface area contributed by atoms with Crippen LogP contribution in [0, 0.1) is 5.92 Å². The number of nitrogens with one attached hydrogen (secondary N) is 1. The van der Waals surface area contributed by atoms with Crippen molar-refractivity contribution in [2.45, 2.75) is 59.4 Å². The Labute approximate surface area is 127 Å². The lowest BCUT2D eigenvalue weighted by molar-refractivity contribution is 0.617. The third-order valence-corrected chi connectivity index (χ3v) is 4.76. The summed E-state index contributed by atoms with van der Waals surface area (Å²) in [5.74, 6) is 1.43. The van der Waals surface area contributed by atoms with Gasteiger partial charge >= 0.3 is 0 Å². The zero-order chi connectivity index (χ0) is 14.5. The van der Waals surface area contributed by atoms with Crippen LogP contribution in [0.4, 0.5) is 5.13 Å². The minimum absolute atomic E-state index is 0.685. The summed E-state index contributed by atoms with van der Waals surface area (Å²) in [6, 6.07) is 0. The molecule has 1 heterocycles. The highest BCUT2D eigenvalue weighted by Gasteiger charge is 2.30. The van der Waals surface area contributed by atoms with Crippen molar-refractivity contribution in [2.24, 2.45) is 5.92 Å². The van der Waals surface area contributed by atoms with Crippen molar-refractivity contribution >= 4 is 16.5 Å². The van der Waals surface area contributed by atoms with Crippen LogP contribution >= 0.6 is 11.3 Å². The number of aromatic nitrogens is 1. The molecule has 0 spiro atoms. The minimum Gasteiger partial charge on any atom is -0.348 e. The predicted molar refractivity (Wildman–Crippen MR) is 88.8 cm³/mol. The summed E-state index contributed by atoms with van der Waals surface area (Å²) in [6.45, 7) is 13.3. The van der Waals surface area contributed by atoms with E-state index in [0.29, 0.717) is 5.92 Å². The number of rotatable bonds is 9. The minimum atomic E-state index is 0.685. The second kappa shape index (κ2) is 7.41. The molecule has 1 aromatic heterocycles. The van der Waals surface area contributed by atoms with Crippen LogP contribution in [-0.2, 0) is 6.54 Å². The topological polar surface area (TPSA) is 28.2 Å². The van der Waals surface area contributed by atoms with Crippen LogP contribution in [0.3, 0.4) is 0 Å². The second-order valence-electron chi connectivity index (χ2n) is 6.19. The first-order chi connectivity index (χ1) is 9.65. The van der Waals surface area contributed by atoms with E-state index in [4.69, 9.17) is 4.98 Å². The van der Waals surface area contributed by atoms with Crippen LogP contribution in [-0.4, -0.2) is 24.6 Å². The highest BCUT2D eigenvalue weighted by Crippen LogP contribution is 2.44. The monoisotopic (exact) mass is 295 g/mol. The van der Waals surface area contributed by atoms with Crippen molar-refractivity contribution in [2.75, 3.05) is 24.5 Å². The van der Waals surface area contributed by atoms with Crippen molar-refractivity contribution in [3.8, 4) is 0 Å². The largest absolute Gasteiger partial charge is 0.348 e. The van der Waals surface area contributed by atoms with E-state index in [-0.39, 0.29) is 0 Å². The van der Waals surface area contributed by atoms with Gasteiger partial charge in [-0.3, -0.25) is 0 Å². The second-order valence-corrected chi connectivity index (χ2v) is 7.25. The molecule has 0 bridgehead atoms. The van der Waals surface area contributed by atoms with E-state index in [1.165, 1.54) is 35.0 Å². The highest BCUT2D eigenvalue weighted by molar-refractivity contribution is 7.15. The van der Waals surface area contributed by atoms with Crippen molar-refractivity contribution in [1.82, 2.24) is 10.3 Å². The number of thiazole rings is 1. The average molecular weight is 295 g/mol. The van der Waals surface area contributed by atoms with Crippen LogP contribution in [0.2, 0.25) is 0 Å². The van der Waals surface area contributed by atoms with Gasteiger partial charge < -0.3 is 10.2 Å². The fourth-order valence-electron chi connectivity index (χ4n) is 2.45. The van der Waals surface area contributed by atoms with Crippen LogP contribution in [0.15, 0.2) is 0 Å².